The Morgan fingerprint density at radius 1 is 1.00 bits per heavy atom. The number of anilines is 1. The monoisotopic (exact) mass is 504 g/mol. The van der Waals surface area contributed by atoms with Crippen LogP contribution in [0.1, 0.15) is 77.5 Å². The van der Waals surface area contributed by atoms with Gasteiger partial charge in [0.15, 0.2) is 0 Å². The molecule has 1 fully saturated rings. The van der Waals surface area contributed by atoms with Crippen LogP contribution in [0.3, 0.4) is 0 Å². The summed E-state index contributed by atoms with van der Waals surface area (Å²) in [5.74, 6) is 0.382. The van der Waals surface area contributed by atoms with Crippen molar-refractivity contribution in [1.29, 1.82) is 0 Å². The third-order valence-corrected chi connectivity index (χ3v) is 6.60. The molecule has 2 aromatic rings. The molecule has 1 amide bonds. The maximum absolute atomic E-state index is 12.4. The topological polar surface area (TPSA) is 67.9 Å². The van der Waals surface area contributed by atoms with Gasteiger partial charge in [0.2, 0.25) is 0 Å². The van der Waals surface area contributed by atoms with Gasteiger partial charge in [-0.1, -0.05) is 24.3 Å². The number of ether oxygens (including phenoxy) is 2. The summed E-state index contributed by atoms with van der Waals surface area (Å²) in [6.45, 7) is 12.6. The highest BCUT2D eigenvalue weighted by atomic mass is 16.6. The van der Waals surface area contributed by atoms with E-state index in [9.17, 15) is 9.59 Å². The predicted octanol–water partition coefficient (Wildman–Crippen LogP) is 6.83. The molecular weight excluding hydrogens is 464 g/mol. The molecule has 2 aromatic carbocycles. The van der Waals surface area contributed by atoms with Crippen molar-refractivity contribution < 1.29 is 19.1 Å². The minimum Gasteiger partial charge on any atom is -0.444 e. The Bertz CT molecular complexity index is 1170. The number of likely N-dealkylation sites (tertiary alicyclic amines) is 1. The summed E-state index contributed by atoms with van der Waals surface area (Å²) in [7, 11) is 0. The van der Waals surface area contributed by atoms with Gasteiger partial charge in [0.1, 0.15) is 11.4 Å². The smallest absolute Gasteiger partial charge is 0.410 e. The first-order valence-electron chi connectivity index (χ1n) is 13.3. The van der Waals surface area contributed by atoms with Gasteiger partial charge in [-0.05, 0) is 114 Å². The zero-order chi connectivity index (χ0) is 26.8. The van der Waals surface area contributed by atoms with Crippen molar-refractivity contribution in [3.05, 3.63) is 65.2 Å². The van der Waals surface area contributed by atoms with Gasteiger partial charge >= 0.3 is 12.1 Å². The fourth-order valence-electron chi connectivity index (χ4n) is 4.64. The van der Waals surface area contributed by atoms with Crippen molar-refractivity contribution in [2.24, 2.45) is 5.41 Å². The fourth-order valence-corrected chi connectivity index (χ4v) is 4.64. The Morgan fingerprint density at radius 2 is 1.73 bits per heavy atom. The fraction of sp³-hybridized carbons (Fsp3) is 0.484. The molecule has 1 aliphatic heterocycles. The van der Waals surface area contributed by atoms with Gasteiger partial charge in [0.25, 0.3) is 0 Å². The lowest BCUT2D eigenvalue weighted by Gasteiger charge is -2.24. The number of fused-ring (bicyclic) bond motifs is 1. The number of hydrogen-bond acceptors (Lipinski definition) is 5. The molecule has 6 nitrogen and oxygen atoms in total. The number of esters is 1. The maximum Gasteiger partial charge on any atom is 0.410 e. The zero-order valence-corrected chi connectivity index (χ0v) is 23.0. The van der Waals surface area contributed by atoms with Gasteiger partial charge in [-0.3, -0.25) is 4.79 Å². The molecule has 0 saturated carbocycles. The van der Waals surface area contributed by atoms with Crippen LogP contribution in [-0.4, -0.2) is 41.7 Å². The number of allylic oxidation sites excluding steroid dienone is 1. The third kappa shape index (κ3) is 6.94. The summed E-state index contributed by atoms with van der Waals surface area (Å²) in [6.07, 6.45) is 5.97. The second-order valence-corrected chi connectivity index (χ2v) is 12.1. The van der Waals surface area contributed by atoms with Gasteiger partial charge < -0.3 is 19.7 Å². The summed E-state index contributed by atoms with van der Waals surface area (Å²) >= 11 is 0. The highest BCUT2D eigenvalue weighted by Gasteiger charge is 2.30. The van der Waals surface area contributed by atoms with Gasteiger partial charge in [0.05, 0.1) is 5.41 Å². The summed E-state index contributed by atoms with van der Waals surface area (Å²) in [5.41, 5.74) is 4.79. The van der Waals surface area contributed by atoms with Crippen molar-refractivity contribution in [3.8, 4) is 5.75 Å². The molecular formula is C31H40N2O4. The lowest BCUT2D eigenvalue weighted by molar-refractivity contribution is -0.143. The van der Waals surface area contributed by atoms with Gasteiger partial charge in [-0.25, -0.2) is 4.79 Å². The number of aryl methyl sites for hydroxylation is 1. The van der Waals surface area contributed by atoms with E-state index in [4.69, 9.17) is 9.47 Å². The van der Waals surface area contributed by atoms with Crippen LogP contribution in [0.25, 0.3) is 5.57 Å². The van der Waals surface area contributed by atoms with E-state index < -0.39 is 11.0 Å². The number of carbonyl (C=O) groups excluding carboxylic acids is 2. The van der Waals surface area contributed by atoms with Crippen LogP contribution in [0.15, 0.2) is 48.5 Å². The first kappa shape index (κ1) is 26.8. The molecule has 1 N–H and O–H groups in total. The number of carbonyl (C=O) groups is 2. The standard InChI is InChI=1S/C31H40N2O4/c1-30(2,3)28(34)36-25-15-16-27-22(19-25)9-7-8-10-26(27)21-11-13-23(14-12-21)32-24-17-18-33(20-24)29(35)37-31(4,5)6/h10-16,19,24,32H,7-9,17-18,20H2,1-6H3. The minimum atomic E-state index is -0.542. The van der Waals surface area contributed by atoms with E-state index in [0.717, 1.165) is 36.9 Å². The normalized spacial score (nSPS) is 17.9. The van der Waals surface area contributed by atoms with Crippen molar-refractivity contribution in [2.75, 3.05) is 18.4 Å². The van der Waals surface area contributed by atoms with Crippen LogP contribution in [0, 0.1) is 5.41 Å². The number of rotatable bonds is 4. The second-order valence-electron chi connectivity index (χ2n) is 12.1. The summed E-state index contributed by atoms with van der Waals surface area (Å²) in [6, 6.07) is 14.7. The summed E-state index contributed by atoms with van der Waals surface area (Å²) in [4.78, 5) is 26.5. The van der Waals surface area contributed by atoms with E-state index in [1.807, 2.05) is 53.7 Å². The molecule has 6 heteroatoms. The summed E-state index contributed by atoms with van der Waals surface area (Å²) < 4.78 is 11.2. The van der Waals surface area contributed by atoms with Crippen molar-refractivity contribution in [2.45, 2.75) is 78.9 Å². The number of nitrogens with one attached hydrogen (secondary N) is 1. The van der Waals surface area contributed by atoms with Crippen molar-refractivity contribution in [1.82, 2.24) is 4.90 Å². The van der Waals surface area contributed by atoms with E-state index in [0.29, 0.717) is 18.8 Å². The predicted molar refractivity (Wildman–Crippen MR) is 148 cm³/mol. The van der Waals surface area contributed by atoms with E-state index in [1.54, 1.807) is 4.90 Å². The molecule has 0 bridgehead atoms. The maximum atomic E-state index is 12.4. The molecule has 1 aliphatic carbocycles. The average Bonchev–Trinajstić information content (AvgIpc) is 3.17. The van der Waals surface area contributed by atoms with Gasteiger partial charge in [0, 0.05) is 24.8 Å². The largest absolute Gasteiger partial charge is 0.444 e. The first-order chi connectivity index (χ1) is 17.4. The Balaban J connectivity index is 1.43. The quantitative estimate of drug-likeness (QED) is 0.365. The molecule has 2 aliphatic rings. The van der Waals surface area contributed by atoms with Crippen molar-refractivity contribution >= 4 is 23.3 Å². The van der Waals surface area contributed by atoms with Crippen LogP contribution in [0.2, 0.25) is 0 Å². The number of amides is 1. The van der Waals surface area contributed by atoms with E-state index in [2.05, 4.69) is 41.7 Å². The third-order valence-electron chi connectivity index (χ3n) is 6.60. The number of hydrogen-bond donors (Lipinski definition) is 1. The molecule has 1 heterocycles. The van der Waals surface area contributed by atoms with E-state index in [-0.39, 0.29) is 18.1 Å². The highest BCUT2D eigenvalue weighted by molar-refractivity contribution is 5.83. The lowest BCUT2D eigenvalue weighted by Crippen LogP contribution is -2.36. The molecule has 1 atom stereocenters. The molecule has 4 rings (SSSR count). The molecule has 198 valence electrons. The van der Waals surface area contributed by atoms with Gasteiger partial charge in [-0.15, -0.1) is 0 Å². The number of benzene rings is 2. The van der Waals surface area contributed by atoms with Crippen LogP contribution < -0.4 is 10.1 Å². The molecule has 0 spiro atoms. The molecule has 0 radical (unpaired) electrons. The Labute approximate surface area is 221 Å². The first-order valence-corrected chi connectivity index (χ1v) is 13.3. The van der Waals surface area contributed by atoms with E-state index >= 15 is 0 Å². The SMILES string of the molecule is CC(C)(C)OC(=O)N1CCC(Nc2ccc(C3=CCCCc4cc(OC(=O)C(C)(C)C)ccc43)cc2)C1. The molecule has 1 saturated heterocycles. The highest BCUT2D eigenvalue weighted by Crippen LogP contribution is 2.34. The van der Waals surface area contributed by atoms with Gasteiger partial charge in [-0.2, -0.15) is 0 Å². The molecule has 0 aromatic heterocycles. The average molecular weight is 505 g/mol. The molecule has 1 unspecified atom stereocenters. The van der Waals surface area contributed by atoms with E-state index in [1.165, 1.54) is 16.7 Å². The second kappa shape index (κ2) is 10.6. The van der Waals surface area contributed by atoms with Crippen LogP contribution >= 0.6 is 0 Å². The number of nitrogens with zero attached hydrogens (tertiary/aromatic N) is 1. The van der Waals surface area contributed by atoms with Crippen LogP contribution in [0.5, 0.6) is 5.75 Å². The van der Waals surface area contributed by atoms with Crippen LogP contribution in [-0.2, 0) is 16.0 Å². The Hall–Kier alpha value is -3.28. The van der Waals surface area contributed by atoms with Crippen LogP contribution in [0.4, 0.5) is 10.5 Å². The zero-order valence-electron chi connectivity index (χ0n) is 23.0. The Kier molecular flexibility index (Phi) is 7.67. The minimum absolute atomic E-state index is 0.199. The molecule has 37 heavy (non-hydrogen) atoms. The summed E-state index contributed by atoms with van der Waals surface area (Å²) in [5, 5.41) is 3.57. The Morgan fingerprint density at radius 3 is 2.41 bits per heavy atom. The lowest BCUT2D eigenvalue weighted by atomic mass is 9.93. The van der Waals surface area contributed by atoms with Crippen molar-refractivity contribution in [3.63, 3.8) is 0 Å².